The first-order chi connectivity index (χ1) is 14.7. The monoisotopic (exact) mass is 391 g/mol. The van der Waals surface area contributed by atoms with Crippen LogP contribution in [0, 0.1) is 10.1 Å². The number of furan rings is 1. The predicted molar refractivity (Wildman–Crippen MR) is 121 cm³/mol. The third-order valence-electron chi connectivity index (χ3n) is 6.02. The molecule has 0 N–H and O–H groups in total. The van der Waals surface area contributed by atoms with Crippen LogP contribution in [0.3, 0.4) is 0 Å². The molecule has 0 saturated heterocycles. The Morgan fingerprint density at radius 2 is 1.53 bits per heavy atom. The highest BCUT2D eigenvalue weighted by Crippen LogP contribution is 2.41. The van der Waals surface area contributed by atoms with E-state index in [2.05, 4.69) is 30.3 Å². The van der Waals surface area contributed by atoms with Crippen LogP contribution < -0.4 is 0 Å². The first kappa shape index (κ1) is 17.0. The molecular formula is C26H17NO3. The summed E-state index contributed by atoms with van der Waals surface area (Å²) in [6.45, 7) is 0. The Bertz CT molecular complexity index is 1570. The van der Waals surface area contributed by atoms with E-state index in [1.54, 1.807) is 0 Å². The zero-order chi connectivity index (χ0) is 20.2. The summed E-state index contributed by atoms with van der Waals surface area (Å²) in [6, 6.07) is 22.6. The number of rotatable bonds is 2. The largest absolute Gasteiger partial charge is 0.455 e. The molecule has 0 saturated carbocycles. The summed E-state index contributed by atoms with van der Waals surface area (Å²) in [4.78, 5) is 11.3. The average molecular weight is 391 g/mol. The topological polar surface area (TPSA) is 56.3 Å². The molecule has 30 heavy (non-hydrogen) atoms. The van der Waals surface area contributed by atoms with Crippen molar-refractivity contribution < 1.29 is 9.34 Å². The van der Waals surface area contributed by atoms with Gasteiger partial charge < -0.3 is 4.42 Å². The number of benzene rings is 4. The molecule has 4 heteroatoms. The van der Waals surface area contributed by atoms with Crippen LogP contribution in [0.4, 0.5) is 0 Å². The van der Waals surface area contributed by atoms with Crippen LogP contribution in [0.5, 0.6) is 0 Å². The highest BCUT2D eigenvalue weighted by atomic mass is 16.6. The zero-order valence-corrected chi connectivity index (χ0v) is 16.1. The van der Waals surface area contributed by atoms with Crippen LogP contribution in [0.15, 0.2) is 89.0 Å². The molecule has 0 radical (unpaired) electrons. The Kier molecular flexibility index (Phi) is 3.56. The van der Waals surface area contributed by atoms with Crippen molar-refractivity contribution in [2.24, 2.45) is 0 Å². The molecule has 4 nitrogen and oxygen atoms in total. The molecule has 0 aliphatic heterocycles. The minimum Gasteiger partial charge on any atom is -0.455 e. The van der Waals surface area contributed by atoms with Crippen molar-refractivity contribution in [2.75, 3.05) is 0 Å². The van der Waals surface area contributed by atoms with Crippen LogP contribution in [0.2, 0.25) is 0 Å². The van der Waals surface area contributed by atoms with Gasteiger partial charge in [-0.3, -0.25) is 10.1 Å². The quantitative estimate of drug-likeness (QED) is 0.181. The van der Waals surface area contributed by atoms with Crippen molar-refractivity contribution in [3.63, 3.8) is 0 Å². The minimum absolute atomic E-state index is 0.261. The molecular weight excluding hydrogens is 374 g/mol. The molecule has 144 valence electrons. The van der Waals surface area contributed by atoms with Gasteiger partial charge in [0.15, 0.2) is 0 Å². The second-order valence-corrected chi connectivity index (χ2v) is 7.67. The fourth-order valence-electron chi connectivity index (χ4n) is 4.68. The van der Waals surface area contributed by atoms with Gasteiger partial charge in [-0.2, -0.15) is 0 Å². The lowest BCUT2D eigenvalue weighted by Crippen LogP contribution is -2.04. The maximum Gasteiger partial charge on any atom is 0.254 e. The molecule has 0 atom stereocenters. The van der Waals surface area contributed by atoms with Crippen molar-refractivity contribution in [1.82, 2.24) is 0 Å². The summed E-state index contributed by atoms with van der Waals surface area (Å²) in [7, 11) is 0. The Morgan fingerprint density at radius 1 is 0.833 bits per heavy atom. The van der Waals surface area contributed by atoms with Gasteiger partial charge >= 0.3 is 0 Å². The number of hydrogen-bond acceptors (Lipinski definition) is 3. The first-order valence-corrected chi connectivity index (χ1v) is 10.0. The van der Waals surface area contributed by atoms with E-state index in [0.717, 1.165) is 43.7 Å². The number of hydrogen-bond donors (Lipinski definition) is 0. The Hall–Kier alpha value is -3.92. The van der Waals surface area contributed by atoms with Crippen molar-refractivity contribution in [3.05, 3.63) is 100 Å². The molecule has 4 aromatic carbocycles. The molecule has 5 aromatic rings. The van der Waals surface area contributed by atoms with Crippen LogP contribution in [-0.4, -0.2) is 4.92 Å². The fraction of sp³-hybridized carbons (Fsp3) is 0.0769. The van der Waals surface area contributed by atoms with Gasteiger partial charge in [-0.05, 0) is 40.3 Å². The SMILES string of the molecule is O=[N+]([O-])C1=C(c2ccc3c(c2)oc2c4ccccc4c4ccccc4c32)C=CCC1. The summed E-state index contributed by atoms with van der Waals surface area (Å²) in [5.74, 6) is 0. The maximum absolute atomic E-state index is 11.5. The van der Waals surface area contributed by atoms with E-state index in [4.69, 9.17) is 4.42 Å². The van der Waals surface area contributed by atoms with E-state index in [9.17, 15) is 10.1 Å². The molecule has 0 spiro atoms. The van der Waals surface area contributed by atoms with Crippen molar-refractivity contribution in [2.45, 2.75) is 12.8 Å². The van der Waals surface area contributed by atoms with Crippen molar-refractivity contribution >= 4 is 49.1 Å². The summed E-state index contributed by atoms with van der Waals surface area (Å²) < 4.78 is 6.38. The van der Waals surface area contributed by atoms with E-state index in [1.165, 1.54) is 5.39 Å². The fourth-order valence-corrected chi connectivity index (χ4v) is 4.68. The standard InChI is InChI=1S/C26H17NO3/c28-27(29)23-12-6-5-7-17(23)16-13-14-22-24(15-16)30-26-21-11-4-2-9-19(21)18-8-1-3-10-20(18)25(22)26/h1-5,7-11,13-15H,6,12H2. The smallest absolute Gasteiger partial charge is 0.254 e. The van der Waals surface area contributed by atoms with E-state index in [0.29, 0.717) is 18.4 Å². The van der Waals surface area contributed by atoms with Gasteiger partial charge in [0.05, 0.1) is 10.5 Å². The van der Waals surface area contributed by atoms with Gasteiger partial charge in [0.25, 0.3) is 5.70 Å². The average Bonchev–Trinajstić information content (AvgIpc) is 3.18. The van der Waals surface area contributed by atoms with Gasteiger partial charge in [-0.15, -0.1) is 0 Å². The van der Waals surface area contributed by atoms with Crippen LogP contribution in [0.25, 0.3) is 49.1 Å². The van der Waals surface area contributed by atoms with E-state index in [-0.39, 0.29) is 10.6 Å². The van der Waals surface area contributed by atoms with Gasteiger partial charge in [-0.1, -0.05) is 66.7 Å². The number of nitrogens with zero attached hydrogens (tertiary/aromatic N) is 1. The van der Waals surface area contributed by atoms with E-state index in [1.807, 2.05) is 48.6 Å². The van der Waals surface area contributed by atoms with E-state index < -0.39 is 0 Å². The van der Waals surface area contributed by atoms with Gasteiger partial charge in [0.1, 0.15) is 11.2 Å². The minimum atomic E-state index is -0.261. The summed E-state index contributed by atoms with van der Waals surface area (Å²) in [6.07, 6.45) is 5.00. The van der Waals surface area contributed by atoms with Crippen LogP contribution in [-0.2, 0) is 0 Å². The lowest BCUT2D eigenvalue weighted by Gasteiger charge is -2.09. The third kappa shape index (κ3) is 2.34. The highest BCUT2D eigenvalue weighted by molar-refractivity contribution is 6.30. The number of fused-ring (bicyclic) bond motifs is 8. The Balaban J connectivity index is 1.72. The molecule has 0 amide bonds. The molecule has 0 fully saturated rings. The molecule has 1 aliphatic rings. The van der Waals surface area contributed by atoms with Crippen LogP contribution in [0.1, 0.15) is 18.4 Å². The second kappa shape index (κ2) is 6.29. The molecule has 0 bridgehead atoms. The highest BCUT2D eigenvalue weighted by Gasteiger charge is 2.22. The molecule has 0 unspecified atom stereocenters. The maximum atomic E-state index is 11.5. The number of allylic oxidation sites excluding steroid dienone is 4. The van der Waals surface area contributed by atoms with Crippen molar-refractivity contribution in [3.8, 4) is 0 Å². The van der Waals surface area contributed by atoms with Gasteiger partial charge in [-0.25, -0.2) is 0 Å². The number of nitro groups is 1. The molecule has 6 rings (SSSR count). The van der Waals surface area contributed by atoms with E-state index >= 15 is 0 Å². The second-order valence-electron chi connectivity index (χ2n) is 7.67. The van der Waals surface area contributed by atoms with Crippen LogP contribution >= 0.6 is 0 Å². The zero-order valence-electron chi connectivity index (χ0n) is 16.1. The Morgan fingerprint density at radius 3 is 2.30 bits per heavy atom. The first-order valence-electron chi connectivity index (χ1n) is 10.0. The van der Waals surface area contributed by atoms with Crippen molar-refractivity contribution in [1.29, 1.82) is 0 Å². The summed E-state index contributed by atoms with van der Waals surface area (Å²) >= 11 is 0. The van der Waals surface area contributed by atoms with Gasteiger partial charge in [0.2, 0.25) is 0 Å². The summed E-state index contributed by atoms with van der Waals surface area (Å²) in [5, 5.41) is 18.2. The summed E-state index contributed by atoms with van der Waals surface area (Å²) in [5.41, 5.74) is 3.36. The molecule has 1 aliphatic carbocycles. The molecule has 1 heterocycles. The Labute approximate surface area is 171 Å². The molecule has 1 aromatic heterocycles. The predicted octanol–water partition coefficient (Wildman–Crippen LogP) is 7.23. The third-order valence-corrected chi connectivity index (χ3v) is 6.02. The lowest BCUT2D eigenvalue weighted by atomic mass is 9.94. The normalized spacial score (nSPS) is 14.4. The lowest BCUT2D eigenvalue weighted by molar-refractivity contribution is -0.426. The van der Waals surface area contributed by atoms with Gasteiger partial charge in [0, 0.05) is 22.6 Å².